The lowest BCUT2D eigenvalue weighted by molar-refractivity contribution is -0.138. The maximum atomic E-state index is 12.5. The summed E-state index contributed by atoms with van der Waals surface area (Å²) >= 11 is 0. The second kappa shape index (κ2) is 6.01. The number of rotatable bonds is 5. The molecule has 0 fully saturated rings. The molecule has 0 radical (unpaired) electrons. The van der Waals surface area contributed by atoms with Crippen molar-refractivity contribution in [3.8, 4) is 0 Å². The van der Waals surface area contributed by atoms with E-state index in [1.165, 1.54) is 38.1 Å². The summed E-state index contributed by atoms with van der Waals surface area (Å²) in [6.07, 6.45) is -4.58. The number of benzene rings is 1. The van der Waals surface area contributed by atoms with E-state index < -0.39 is 28.8 Å². The van der Waals surface area contributed by atoms with E-state index in [9.17, 15) is 21.6 Å². The Kier molecular flexibility index (Phi) is 5.04. The van der Waals surface area contributed by atoms with E-state index in [1.54, 1.807) is 7.05 Å². The topological polar surface area (TPSA) is 49.4 Å². The van der Waals surface area contributed by atoms with Crippen LogP contribution in [0.5, 0.6) is 0 Å². The van der Waals surface area contributed by atoms with E-state index in [4.69, 9.17) is 0 Å². The molecule has 0 aliphatic carbocycles. The average Bonchev–Trinajstić information content (AvgIpc) is 2.34. The molecular formula is C12H17F3N2O2S. The van der Waals surface area contributed by atoms with Gasteiger partial charge >= 0.3 is 6.18 Å². The van der Waals surface area contributed by atoms with Crippen LogP contribution in [-0.2, 0) is 10.0 Å². The number of anilines is 1. The number of hydrogen-bond acceptors (Lipinski definition) is 3. The number of nitrogens with one attached hydrogen (secondary N) is 1. The molecule has 1 aromatic rings. The molecule has 1 aromatic carbocycles. The third-order valence-electron chi connectivity index (χ3n) is 2.66. The molecule has 8 heteroatoms. The van der Waals surface area contributed by atoms with Crippen molar-refractivity contribution in [2.24, 2.45) is 0 Å². The minimum Gasteiger partial charge on any atom is -0.388 e. The summed E-state index contributed by atoms with van der Waals surface area (Å²) < 4.78 is 62.5. The van der Waals surface area contributed by atoms with Crippen LogP contribution in [0.3, 0.4) is 0 Å². The SMILES string of the molecule is CNc1ccc(S(=O)(=O)N(CC(F)(F)F)C(C)C)cc1. The van der Waals surface area contributed by atoms with E-state index in [-0.39, 0.29) is 4.90 Å². The third kappa shape index (κ3) is 4.11. The molecule has 0 heterocycles. The van der Waals surface area contributed by atoms with Crippen molar-refractivity contribution in [3.63, 3.8) is 0 Å². The Labute approximate surface area is 116 Å². The molecule has 0 spiro atoms. The molecule has 0 bridgehead atoms. The van der Waals surface area contributed by atoms with Gasteiger partial charge < -0.3 is 5.32 Å². The second-order valence-corrected chi connectivity index (χ2v) is 6.42. The second-order valence-electron chi connectivity index (χ2n) is 4.53. The van der Waals surface area contributed by atoms with Crippen LogP contribution >= 0.6 is 0 Å². The van der Waals surface area contributed by atoms with E-state index >= 15 is 0 Å². The molecular weight excluding hydrogens is 293 g/mol. The quantitative estimate of drug-likeness (QED) is 0.909. The Bertz CT molecular complexity index is 539. The van der Waals surface area contributed by atoms with Crippen molar-refractivity contribution in [3.05, 3.63) is 24.3 Å². The fourth-order valence-corrected chi connectivity index (χ4v) is 3.27. The lowest BCUT2D eigenvalue weighted by atomic mass is 10.3. The van der Waals surface area contributed by atoms with Gasteiger partial charge in [-0.2, -0.15) is 17.5 Å². The molecule has 0 aliphatic rings. The molecule has 0 aliphatic heterocycles. The summed E-state index contributed by atoms with van der Waals surface area (Å²) in [5.41, 5.74) is 0.677. The van der Waals surface area contributed by atoms with Crippen molar-refractivity contribution in [1.29, 1.82) is 0 Å². The molecule has 0 aromatic heterocycles. The molecule has 4 nitrogen and oxygen atoms in total. The smallest absolute Gasteiger partial charge is 0.388 e. The number of sulfonamides is 1. The van der Waals surface area contributed by atoms with Gasteiger partial charge in [-0.1, -0.05) is 0 Å². The van der Waals surface area contributed by atoms with Gasteiger partial charge in [-0.3, -0.25) is 0 Å². The van der Waals surface area contributed by atoms with Crippen LogP contribution in [0.25, 0.3) is 0 Å². The highest BCUT2D eigenvalue weighted by molar-refractivity contribution is 7.89. The van der Waals surface area contributed by atoms with Gasteiger partial charge in [0, 0.05) is 18.8 Å². The molecule has 0 saturated carbocycles. The summed E-state index contributed by atoms with van der Waals surface area (Å²) in [6.45, 7) is 1.32. The Morgan fingerprint density at radius 1 is 1.20 bits per heavy atom. The van der Waals surface area contributed by atoms with Crippen LogP contribution in [0.2, 0.25) is 0 Å². The van der Waals surface area contributed by atoms with E-state index in [0.717, 1.165) is 0 Å². The zero-order valence-electron chi connectivity index (χ0n) is 11.4. The molecule has 1 N–H and O–H groups in total. The maximum Gasteiger partial charge on any atom is 0.402 e. The van der Waals surface area contributed by atoms with Gasteiger partial charge in [0.1, 0.15) is 6.54 Å². The zero-order valence-corrected chi connectivity index (χ0v) is 12.2. The average molecular weight is 310 g/mol. The summed E-state index contributed by atoms with van der Waals surface area (Å²) in [4.78, 5) is -0.158. The minimum atomic E-state index is -4.58. The first-order chi connectivity index (χ1) is 9.08. The van der Waals surface area contributed by atoms with E-state index in [2.05, 4.69) is 5.32 Å². The Morgan fingerprint density at radius 3 is 2.05 bits per heavy atom. The summed E-state index contributed by atoms with van der Waals surface area (Å²) in [7, 11) is -2.51. The highest BCUT2D eigenvalue weighted by Crippen LogP contribution is 2.25. The molecule has 0 unspecified atom stereocenters. The molecule has 114 valence electrons. The van der Waals surface area contributed by atoms with Gasteiger partial charge in [-0.25, -0.2) is 8.42 Å². The summed E-state index contributed by atoms with van der Waals surface area (Å²) in [5.74, 6) is 0. The molecule has 0 atom stereocenters. The molecule has 0 amide bonds. The predicted molar refractivity (Wildman–Crippen MR) is 71.1 cm³/mol. The van der Waals surface area contributed by atoms with Crippen molar-refractivity contribution < 1.29 is 21.6 Å². The monoisotopic (exact) mass is 310 g/mol. The first-order valence-electron chi connectivity index (χ1n) is 5.94. The molecule has 1 rings (SSSR count). The first kappa shape index (κ1) is 16.8. The van der Waals surface area contributed by atoms with Crippen molar-refractivity contribution in [2.45, 2.75) is 31.0 Å². The van der Waals surface area contributed by atoms with Crippen LogP contribution in [0.4, 0.5) is 18.9 Å². The Balaban J connectivity index is 3.15. The fourth-order valence-electron chi connectivity index (χ4n) is 1.65. The largest absolute Gasteiger partial charge is 0.402 e. The van der Waals surface area contributed by atoms with Crippen LogP contribution in [0.1, 0.15) is 13.8 Å². The van der Waals surface area contributed by atoms with Crippen molar-refractivity contribution in [1.82, 2.24) is 4.31 Å². The van der Waals surface area contributed by atoms with Gasteiger partial charge in [0.25, 0.3) is 0 Å². The Hall–Kier alpha value is -1.28. The number of hydrogen-bond donors (Lipinski definition) is 1. The van der Waals surface area contributed by atoms with Crippen molar-refractivity contribution >= 4 is 15.7 Å². The number of nitrogens with zero attached hydrogens (tertiary/aromatic N) is 1. The predicted octanol–water partition coefficient (Wildman–Crippen LogP) is 2.69. The van der Waals surface area contributed by atoms with Gasteiger partial charge in [0.2, 0.25) is 10.0 Å². The van der Waals surface area contributed by atoms with Crippen LogP contribution in [0, 0.1) is 0 Å². The molecule has 0 saturated heterocycles. The van der Waals surface area contributed by atoms with Gasteiger partial charge in [-0.05, 0) is 38.1 Å². The van der Waals surface area contributed by atoms with E-state index in [0.29, 0.717) is 9.99 Å². The highest BCUT2D eigenvalue weighted by atomic mass is 32.2. The summed E-state index contributed by atoms with van der Waals surface area (Å²) in [6, 6.07) is 4.78. The van der Waals surface area contributed by atoms with Crippen molar-refractivity contribution in [2.75, 3.05) is 18.9 Å². The molecule has 20 heavy (non-hydrogen) atoms. The normalized spacial score (nSPS) is 13.0. The maximum absolute atomic E-state index is 12.5. The standard InChI is InChI=1S/C12H17F3N2O2S/c1-9(2)17(8-12(13,14)15)20(18,19)11-6-4-10(16-3)5-7-11/h4-7,9,16H,8H2,1-3H3. The highest BCUT2D eigenvalue weighted by Gasteiger charge is 2.38. The van der Waals surface area contributed by atoms with Gasteiger partial charge in [0.05, 0.1) is 4.90 Å². The lowest BCUT2D eigenvalue weighted by Gasteiger charge is -2.26. The summed E-state index contributed by atoms with van der Waals surface area (Å²) in [5, 5.41) is 2.81. The minimum absolute atomic E-state index is 0.158. The fraction of sp³-hybridized carbons (Fsp3) is 0.500. The Morgan fingerprint density at radius 2 is 1.70 bits per heavy atom. The number of halogens is 3. The number of alkyl halides is 3. The van der Waals surface area contributed by atoms with Gasteiger partial charge in [-0.15, -0.1) is 0 Å². The van der Waals surface area contributed by atoms with Crippen LogP contribution in [-0.4, -0.2) is 38.5 Å². The zero-order chi connectivity index (χ0) is 15.6. The lowest BCUT2D eigenvalue weighted by Crippen LogP contribution is -2.43. The van der Waals surface area contributed by atoms with E-state index in [1.807, 2.05) is 0 Å². The van der Waals surface area contributed by atoms with Crippen LogP contribution < -0.4 is 5.32 Å². The van der Waals surface area contributed by atoms with Gasteiger partial charge in [0.15, 0.2) is 0 Å². The van der Waals surface area contributed by atoms with Crippen LogP contribution in [0.15, 0.2) is 29.2 Å². The first-order valence-corrected chi connectivity index (χ1v) is 7.38. The third-order valence-corrected chi connectivity index (χ3v) is 4.70.